The predicted molar refractivity (Wildman–Crippen MR) is 166 cm³/mol. The smallest absolute Gasteiger partial charge is 0.305 e. The van der Waals surface area contributed by atoms with Crippen molar-refractivity contribution in [2.45, 2.75) is 51.1 Å². The molecular formula is C34H35ClN4O4. The average molecular weight is 599 g/mol. The second-order valence-electron chi connectivity index (χ2n) is 11.0. The lowest BCUT2D eigenvalue weighted by Gasteiger charge is -2.31. The SMILES string of the molecule is CCCC(c1ccc(C(=O)NCCC(=O)O)cc1)C(C(=O)N1Cc2ccc(-c3cnn(C)c3)cc2C1)c1ccc(Cl)cc1. The number of amides is 2. The van der Waals surface area contributed by atoms with E-state index in [2.05, 4.69) is 35.5 Å². The van der Waals surface area contributed by atoms with Gasteiger partial charge in [-0.05, 0) is 70.5 Å². The molecular weight excluding hydrogens is 564 g/mol. The average Bonchev–Trinajstić information content (AvgIpc) is 3.63. The van der Waals surface area contributed by atoms with Crippen LogP contribution in [-0.4, -0.2) is 44.1 Å². The van der Waals surface area contributed by atoms with Crippen LogP contribution in [0.4, 0.5) is 0 Å². The first-order valence-corrected chi connectivity index (χ1v) is 14.9. The van der Waals surface area contributed by atoms with Gasteiger partial charge in [-0.15, -0.1) is 0 Å². The zero-order valence-electron chi connectivity index (χ0n) is 24.3. The first kappa shape index (κ1) is 30.0. The van der Waals surface area contributed by atoms with Crippen LogP contribution in [-0.2, 0) is 29.7 Å². The molecule has 0 saturated carbocycles. The Bertz CT molecular complexity index is 1610. The highest BCUT2D eigenvalue weighted by Crippen LogP contribution is 2.40. The summed E-state index contributed by atoms with van der Waals surface area (Å²) < 4.78 is 1.78. The molecule has 9 heteroatoms. The quantitative estimate of drug-likeness (QED) is 0.215. The lowest BCUT2D eigenvalue weighted by atomic mass is 9.77. The highest BCUT2D eigenvalue weighted by Gasteiger charge is 2.36. The maximum Gasteiger partial charge on any atom is 0.305 e. The first-order valence-electron chi connectivity index (χ1n) is 14.5. The van der Waals surface area contributed by atoms with E-state index < -0.39 is 11.9 Å². The van der Waals surface area contributed by atoms with Crippen LogP contribution >= 0.6 is 11.6 Å². The summed E-state index contributed by atoms with van der Waals surface area (Å²) in [5, 5.41) is 16.4. The van der Waals surface area contributed by atoms with Gasteiger partial charge in [-0.2, -0.15) is 5.10 Å². The maximum absolute atomic E-state index is 14.5. The van der Waals surface area contributed by atoms with Crippen molar-refractivity contribution in [2.24, 2.45) is 7.05 Å². The van der Waals surface area contributed by atoms with E-state index in [1.807, 2.05) is 60.7 Å². The second-order valence-corrected chi connectivity index (χ2v) is 11.5. The summed E-state index contributed by atoms with van der Waals surface area (Å²) in [6.07, 6.45) is 5.33. The van der Waals surface area contributed by atoms with Crippen LogP contribution in [0.3, 0.4) is 0 Å². The number of nitrogens with zero attached hydrogens (tertiary/aromatic N) is 3. The van der Waals surface area contributed by atoms with Crippen molar-refractivity contribution in [3.63, 3.8) is 0 Å². The summed E-state index contributed by atoms with van der Waals surface area (Å²) in [5.41, 5.74) is 6.69. The number of aromatic nitrogens is 2. The van der Waals surface area contributed by atoms with E-state index in [1.54, 1.807) is 16.8 Å². The number of rotatable bonds is 11. The van der Waals surface area contributed by atoms with Crippen LogP contribution in [0.25, 0.3) is 11.1 Å². The molecule has 4 aromatic rings. The number of benzene rings is 3. The summed E-state index contributed by atoms with van der Waals surface area (Å²) in [6, 6.07) is 21.1. The van der Waals surface area contributed by atoms with Crippen LogP contribution in [0.1, 0.15) is 70.6 Å². The van der Waals surface area contributed by atoms with Gasteiger partial charge in [0.15, 0.2) is 0 Å². The summed E-state index contributed by atoms with van der Waals surface area (Å²) in [5.74, 6) is -1.82. The summed E-state index contributed by atoms with van der Waals surface area (Å²) in [4.78, 5) is 39.7. The van der Waals surface area contributed by atoms with Crippen molar-refractivity contribution >= 4 is 29.4 Å². The predicted octanol–water partition coefficient (Wildman–Crippen LogP) is 6.15. The fourth-order valence-electron chi connectivity index (χ4n) is 5.82. The molecule has 43 heavy (non-hydrogen) atoms. The first-order chi connectivity index (χ1) is 20.7. The van der Waals surface area contributed by atoms with Crippen molar-refractivity contribution < 1.29 is 19.5 Å². The van der Waals surface area contributed by atoms with Gasteiger partial charge in [0.1, 0.15) is 0 Å². The maximum atomic E-state index is 14.5. The molecule has 8 nitrogen and oxygen atoms in total. The second kappa shape index (κ2) is 13.3. The molecule has 0 bridgehead atoms. The molecule has 0 fully saturated rings. The molecule has 5 rings (SSSR count). The number of fused-ring (bicyclic) bond motifs is 1. The fourth-order valence-corrected chi connectivity index (χ4v) is 5.94. The number of hydrogen-bond donors (Lipinski definition) is 2. The molecule has 222 valence electrons. The molecule has 3 aromatic carbocycles. The van der Waals surface area contributed by atoms with Crippen molar-refractivity contribution in [3.05, 3.63) is 112 Å². The van der Waals surface area contributed by atoms with E-state index in [0.717, 1.165) is 46.2 Å². The molecule has 2 unspecified atom stereocenters. The number of carboxylic acids is 1. The van der Waals surface area contributed by atoms with Gasteiger partial charge in [-0.25, -0.2) is 0 Å². The molecule has 0 aliphatic carbocycles. The van der Waals surface area contributed by atoms with Crippen molar-refractivity contribution in [1.29, 1.82) is 0 Å². The van der Waals surface area contributed by atoms with E-state index in [9.17, 15) is 14.4 Å². The number of halogens is 1. The minimum atomic E-state index is -0.967. The van der Waals surface area contributed by atoms with E-state index in [0.29, 0.717) is 23.7 Å². The molecule has 1 aliphatic heterocycles. The molecule has 0 saturated heterocycles. The van der Waals surface area contributed by atoms with Gasteiger partial charge in [-0.1, -0.05) is 61.3 Å². The molecule has 0 radical (unpaired) electrons. The van der Waals surface area contributed by atoms with Gasteiger partial charge in [0.25, 0.3) is 5.91 Å². The number of hydrogen-bond acceptors (Lipinski definition) is 4. The molecule has 1 aromatic heterocycles. The fraction of sp³-hybridized carbons (Fsp3) is 0.294. The molecule has 1 aliphatic rings. The Morgan fingerprint density at radius 2 is 1.65 bits per heavy atom. The third-order valence-corrected chi connectivity index (χ3v) is 8.25. The summed E-state index contributed by atoms with van der Waals surface area (Å²) in [6.45, 7) is 3.23. The Morgan fingerprint density at radius 3 is 2.30 bits per heavy atom. The normalized spacial score (nSPS) is 13.8. The van der Waals surface area contributed by atoms with Gasteiger partial charge in [0.05, 0.1) is 18.5 Å². The van der Waals surface area contributed by atoms with Crippen molar-refractivity contribution in [3.8, 4) is 11.1 Å². The zero-order valence-corrected chi connectivity index (χ0v) is 25.1. The molecule has 2 atom stereocenters. The highest BCUT2D eigenvalue weighted by atomic mass is 35.5. The van der Waals surface area contributed by atoms with Gasteiger partial charge in [0, 0.05) is 49.0 Å². The van der Waals surface area contributed by atoms with Gasteiger partial charge < -0.3 is 15.3 Å². The Labute approximate surface area is 256 Å². The van der Waals surface area contributed by atoms with E-state index in [1.165, 1.54) is 0 Å². The number of carboxylic acid groups (broad SMARTS) is 1. The number of carbonyl (C=O) groups is 3. The molecule has 2 N–H and O–H groups in total. The molecule has 0 spiro atoms. The standard InChI is InChI=1S/C34H35ClN4O4/c1-3-4-30(22-5-7-24(8-6-22)33(42)36-16-15-31(40)41)32(23-11-13-29(35)14-12-23)34(43)39-20-26-10-9-25(17-27(26)21-39)28-18-37-38(2)19-28/h5-14,17-19,30,32H,3-4,15-16,20-21H2,1-2H3,(H,36,42)(H,40,41). The van der Waals surface area contributed by atoms with Crippen LogP contribution in [0, 0.1) is 0 Å². The van der Waals surface area contributed by atoms with Gasteiger partial charge >= 0.3 is 5.97 Å². The Balaban J connectivity index is 1.42. The number of carbonyl (C=O) groups excluding carboxylic acids is 2. The van der Waals surface area contributed by atoms with E-state index in [-0.39, 0.29) is 30.7 Å². The number of aryl methyl sites for hydroxylation is 1. The molecule has 2 heterocycles. The summed E-state index contributed by atoms with van der Waals surface area (Å²) in [7, 11) is 1.89. The monoisotopic (exact) mass is 598 g/mol. The third-order valence-electron chi connectivity index (χ3n) is 8.00. The zero-order chi connectivity index (χ0) is 30.5. The highest BCUT2D eigenvalue weighted by molar-refractivity contribution is 6.30. The molecule has 2 amide bonds. The number of nitrogens with one attached hydrogen (secondary N) is 1. The largest absolute Gasteiger partial charge is 0.481 e. The van der Waals surface area contributed by atoms with Gasteiger partial charge in [-0.3, -0.25) is 19.1 Å². The Kier molecular flexibility index (Phi) is 9.26. The minimum Gasteiger partial charge on any atom is -0.481 e. The lowest BCUT2D eigenvalue weighted by molar-refractivity contribution is -0.137. The summed E-state index contributed by atoms with van der Waals surface area (Å²) >= 11 is 6.24. The lowest BCUT2D eigenvalue weighted by Crippen LogP contribution is -2.34. The topological polar surface area (TPSA) is 105 Å². The van der Waals surface area contributed by atoms with Crippen molar-refractivity contribution in [1.82, 2.24) is 20.0 Å². The van der Waals surface area contributed by atoms with Gasteiger partial charge in [0.2, 0.25) is 5.91 Å². The van der Waals surface area contributed by atoms with Crippen LogP contribution < -0.4 is 5.32 Å². The van der Waals surface area contributed by atoms with Crippen LogP contribution in [0.15, 0.2) is 79.1 Å². The minimum absolute atomic E-state index is 0.0513. The van der Waals surface area contributed by atoms with Crippen molar-refractivity contribution in [2.75, 3.05) is 6.54 Å². The number of aliphatic carboxylic acids is 1. The Hall–Kier alpha value is -4.43. The third kappa shape index (κ3) is 6.97. The Morgan fingerprint density at radius 1 is 0.953 bits per heavy atom. The van der Waals surface area contributed by atoms with E-state index >= 15 is 0 Å². The van der Waals surface area contributed by atoms with Crippen LogP contribution in [0.2, 0.25) is 5.02 Å². The van der Waals surface area contributed by atoms with E-state index in [4.69, 9.17) is 16.7 Å². The van der Waals surface area contributed by atoms with Crippen LogP contribution in [0.5, 0.6) is 0 Å².